The zero-order chi connectivity index (χ0) is 18.2. The van der Waals surface area contributed by atoms with Crippen LogP contribution in [0.3, 0.4) is 0 Å². The van der Waals surface area contributed by atoms with Crippen molar-refractivity contribution < 1.29 is 14.7 Å². The molecule has 4 saturated carbocycles. The van der Waals surface area contributed by atoms with E-state index in [4.69, 9.17) is 0 Å². The highest BCUT2D eigenvalue weighted by Gasteiger charge is 2.58. The fraction of sp³-hybridized carbons (Fsp3) is 0.905. The number of likely N-dealkylation sites (tertiary alicyclic amines) is 2. The van der Waals surface area contributed by atoms with Gasteiger partial charge in [0.05, 0.1) is 11.0 Å². The number of carbonyl (C=O) groups excluding carboxylic acids is 2. The van der Waals surface area contributed by atoms with Gasteiger partial charge in [0.25, 0.3) is 0 Å². The van der Waals surface area contributed by atoms with Crippen LogP contribution in [0.15, 0.2) is 0 Å². The lowest BCUT2D eigenvalue weighted by Gasteiger charge is -2.60. The number of amides is 2. The van der Waals surface area contributed by atoms with Crippen molar-refractivity contribution in [3.8, 4) is 0 Å². The summed E-state index contributed by atoms with van der Waals surface area (Å²) in [5, 5.41) is 10.9. The Labute approximate surface area is 156 Å². The van der Waals surface area contributed by atoms with Crippen molar-refractivity contribution >= 4 is 11.8 Å². The number of nitrogens with zero attached hydrogens (tertiary/aromatic N) is 2. The summed E-state index contributed by atoms with van der Waals surface area (Å²) in [4.78, 5) is 29.7. The molecule has 144 valence electrons. The van der Waals surface area contributed by atoms with Gasteiger partial charge in [0.2, 0.25) is 11.8 Å². The van der Waals surface area contributed by atoms with Crippen LogP contribution in [0.5, 0.6) is 0 Å². The molecule has 1 spiro atoms. The molecule has 4 bridgehead atoms. The Morgan fingerprint density at radius 1 is 1.15 bits per heavy atom. The minimum Gasteiger partial charge on any atom is -0.390 e. The highest BCUT2D eigenvalue weighted by atomic mass is 16.3. The molecule has 0 aromatic heterocycles. The molecule has 26 heavy (non-hydrogen) atoms. The monoisotopic (exact) mass is 360 g/mol. The third-order valence-corrected chi connectivity index (χ3v) is 8.33. The van der Waals surface area contributed by atoms with Crippen LogP contribution < -0.4 is 0 Å². The first-order valence-corrected chi connectivity index (χ1v) is 10.6. The van der Waals surface area contributed by atoms with Crippen LogP contribution in [0.4, 0.5) is 0 Å². The maximum atomic E-state index is 13.2. The number of carbonyl (C=O) groups is 2. The van der Waals surface area contributed by atoms with Crippen LogP contribution >= 0.6 is 0 Å². The highest BCUT2D eigenvalue weighted by Crippen LogP contribution is 2.63. The van der Waals surface area contributed by atoms with E-state index in [0.717, 1.165) is 64.5 Å². The van der Waals surface area contributed by atoms with E-state index in [9.17, 15) is 14.7 Å². The number of hydrogen-bond acceptors (Lipinski definition) is 3. The lowest BCUT2D eigenvalue weighted by atomic mass is 9.47. The quantitative estimate of drug-likeness (QED) is 0.821. The normalized spacial score (nSPS) is 47.2. The van der Waals surface area contributed by atoms with Crippen LogP contribution in [0.2, 0.25) is 0 Å². The van der Waals surface area contributed by atoms with Gasteiger partial charge in [-0.05, 0) is 75.0 Å². The molecule has 6 rings (SSSR count). The van der Waals surface area contributed by atoms with E-state index in [-0.39, 0.29) is 22.6 Å². The Kier molecular flexibility index (Phi) is 3.58. The van der Waals surface area contributed by atoms with E-state index in [1.807, 2.05) is 16.8 Å². The summed E-state index contributed by atoms with van der Waals surface area (Å²) in [6, 6.07) is 0. The molecule has 0 aromatic carbocycles. The minimum absolute atomic E-state index is 0.0268. The van der Waals surface area contributed by atoms with Crippen LogP contribution in [0, 0.1) is 22.7 Å². The Balaban J connectivity index is 1.29. The Morgan fingerprint density at radius 2 is 1.88 bits per heavy atom. The van der Waals surface area contributed by atoms with E-state index in [1.54, 1.807) is 0 Å². The summed E-state index contributed by atoms with van der Waals surface area (Å²) in [7, 11) is 1.89. The van der Waals surface area contributed by atoms with E-state index >= 15 is 0 Å². The van der Waals surface area contributed by atoms with Gasteiger partial charge in [-0.15, -0.1) is 0 Å². The van der Waals surface area contributed by atoms with Gasteiger partial charge in [0, 0.05) is 33.1 Å². The zero-order valence-electron chi connectivity index (χ0n) is 16.0. The van der Waals surface area contributed by atoms with Crippen LogP contribution in [0.1, 0.15) is 64.2 Å². The largest absolute Gasteiger partial charge is 0.390 e. The predicted molar refractivity (Wildman–Crippen MR) is 97.2 cm³/mol. The topological polar surface area (TPSA) is 60.9 Å². The summed E-state index contributed by atoms with van der Waals surface area (Å²) in [6.07, 6.45) is 9.61. The Hall–Kier alpha value is -1.10. The van der Waals surface area contributed by atoms with Gasteiger partial charge in [-0.25, -0.2) is 0 Å². The third kappa shape index (κ3) is 2.53. The fourth-order valence-corrected chi connectivity index (χ4v) is 7.77. The number of hydrogen-bond donors (Lipinski definition) is 1. The van der Waals surface area contributed by atoms with E-state index in [2.05, 4.69) is 0 Å². The molecular formula is C21H32N2O3. The standard InChI is InChI=1S/C21H32N2O3/c1-22-5-2-3-20(18(22)25)4-6-23(14-20)17(24)12-19-8-15-7-16(9-19)11-21(26,10-15)13-19/h15-16,26H,2-14H2,1H3/t15-,16+,19?,20-,21?/m0/s1. The second kappa shape index (κ2) is 5.46. The van der Waals surface area contributed by atoms with E-state index < -0.39 is 5.60 Å². The fourth-order valence-electron chi connectivity index (χ4n) is 7.77. The maximum Gasteiger partial charge on any atom is 0.230 e. The predicted octanol–water partition coefficient (Wildman–Crippen LogP) is 2.18. The molecule has 0 aromatic rings. The van der Waals surface area contributed by atoms with Gasteiger partial charge in [-0.2, -0.15) is 0 Å². The molecule has 4 aliphatic carbocycles. The molecular weight excluding hydrogens is 328 g/mol. The molecule has 2 unspecified atom stereocenters. The molecule has 5 nitrogen and oxygen atoms in total. The highest BCUT2D eigenvalue weighted by molar-refractivity contribution is 5.86. The van der Waals surface area contributed by atoms with Gasteiger partial charge in [0.1, 0.15) is 0 Å². The Bertz CT molecular complexity index is 633. The van der Waals surface area contributed by atoms with Crippen molar-refractivity contribution in [3.05, 3.63) is 0 Å². The summed E-state index contributed by atoms with van der Waals surface area (Å²) >= 11 is 0. The summed E-state index contributed by atoms with van der Waals surface area (Å²) in [5.41, 5.74) is -0.792. The summed E-state index contributed by atoms with van der Waals surface area (Å²) in [6.45, 7) is 2.19. The summed E-state index contributed by atoms with van der Waals surface area (Å²) < 4.78 is 0. The third-order valence-electron chi connectivity index (χ3n) is 8.33. The molecule has 2 saturated heterocycles. The number of aliphatic hydroxyl groups is 1. The van der Waals surface area contributed by atoms with Gasteiger partial charge in [-0.1, -0.05) is 0 Å². The summed E-state index contributed by atoms with van der Waals surface area (Å²) in [5.74, 6) is 1.71. The minimum atomic E-state index is -0.501. The number of piperidine rings is 1. The van der Waals surface area contributed by atoms with E-state index in [1.165, 1.54) is 6.42 Å². The van der Waals surface area contributed by atoms with Gasteiger partial charge in [-0.3, -0.25) is 9.59 Å². The van der Waals surface area contributed by atoms with Gasteiger partial charge in [0.15, 0.2) is 0 Å². The number of rotatable bonds is 2. The molecule has 2 amide bonds. The molecule has 5 heteroatoms. The SMILES string of the molecule is CN1CCC[C@@]2(CCN(C(=O)CC34C[C@@H]5C[C@@H](CC(O)(C5)C3)C4)C2)C1=O. The lowest BCUT2D eigenvalue weighted by molar-refractivity contribution is -0.171. The lowest BCUT2D eigenvalue weighted by Crippen LogP contribution is -2.56. The second-order valence-electron chi connectivity index (χ2n) is 10.5. The van der Waals surface area contributed by atoms with Crippen LogP contribution in [-0.2, 0) is 9.59 Å². The molecule has 0 radical (unpaired) electrons. The van der Waals surface area contributed by atoms with E-state index in [0.29, 0.717) is 24.8 Å². The van der Waals surface area contributed by atoms with Crippen molar-refractivity contribution in [3.63, 3.8) is 0 Å². The zero-order valence-corrected chi connectivity index (χ0v) is 16.0. The van der Waals surface area contributed by atoms with Crippen molar-refractivity contribution in [1.82, 2.24) is 9.80 Å². The molecule has 6 fully saturated rings. The molecule has 6 aliphatic rings. The first-order valence-electron chi connectivity index (χ1n) is 10.6. The molecule has 5 atom stereocenters. The maximum absolute atomic E-state index is 13.2. The van der Waals surface area contributed by atoms with Crippen molar-refractivity contribution in [1.29, 1.82) is 0 Å². The second-order valence-corrected chi connectivity index (χ2v) is 10.5. The molecule has 2 heterocycles. The van der Waals surface area contributed by atoms with Gasteiger partial charge >= 0.3 is 0 Å². The van der Waals surface area contributed by atoms with Crippen molar-refractivity contribution in [2.75, 3.05) is 26.7 Å². The van der Waals surface area contributed by atoms with Crippen LogP contribution in [0.25, 0.3) is 0 Å². The average Bonchev–Trinajstić information content (AvgIpc) is 2.95. The molecule has 2 aliphatic heterocycles. The first kappa shape index (κ1) is 17.0. The Morgan fingerprint density at radius 3 is 2.58 bits per heavy atom. The van der Waals surface area contributed by atoms with Crippen LogP contribution in [-0.4, -0.2) is 59.0 Å². The molecule has 1 N–H and O–H groups in total. The van der Waals surface area contributed by atoms with Crippen molar-refractivity contribution in [2.45, 2.75) is 69.8 Å². The first-order chi connectivity index (χ1) is 12.3. The smallest absolute Gasteiger partial charge is 0.230 e. The average molecular weight is 360 g/mol. The van der Waals surface area contributed by atoms with Gasteiger partial charge < -0.3 is 14.9 Å². The van der Waals surface area contributed by atoms with Crippen molar-refractivity contribution in [2.24, 2.45) is 22.7 Å².